The van der Waals surface area contributed by atoms with Crippen LogP contribution in [0.15, 0.2) is 28.9 Å². The highest BCUT2D eigenvalue weighted by Gasteiger charge is 2.09. The molecule has 8 heteroatoms. The molecule has 1 aromatic carbocycles. The molecule has 94 valence electrons. The Kier molecular flexibility index (Phi) is 3.95. The van der Waals surface area contributed by atoms with Crippen molar-refractivity contribution in [1.29, 1.82) is 0 Å². The van der Waals surface area contributed by atoms with Crippen LogP contribution in [0.2, 0.25) is 5.02 Å². The Labute approximate surface area is 116 Å². The van der Waals surface area contributed by atoms with E-state index >= 15 is 0 Å². The monoisotopic (exact) mass is 331 g/mol. The first kappa shape index (κ1) is 13.0. The number of nitrogen functional groups attached to an aromatic ring is 1. The minimum atomic E-state index is -0.604. The number of benzene rings is 1. The molecule has 2 aromatic rings. The molecule has 0 aliphatic heterocycles. The lowest BCUT2D eigenvalue weighted by Gasteiger charge is -2.09. The van der Waals surface area contributed by atoms with Crippen LogP contribution in [0.3, 0.4) is 0 Å². The molecule has 18 heavy (non-hydrogen) atoms. The van der Waals surface area contributed by atoms with E-state index in [1.165, 1.54) is 0 Å². The van der Waals surface area contributed by atoms with E-state index in [4.69, 9.17) is 17.4 Å². The van der Waals surface area contributed by atoms with Crippen molar-refractivity contribution in [2.45, 2.75) is 0 Å². The fourth-order valence-corrected chi connectivity index (χ4v) is 1.96. The van der Waals surface area contributed by atoms with Gasteiger partial charge >= 0.3 is 0 Å². The molecule has 0 amide bonds. The van der Waals surface area contributed by atoms with E-state index < -0.39 is 5.82 Å². The minimum Gasteiger partial charge on any atom is -0.336 e. The third-order valence-electron chi connectivity index (χ3n) is 2.06. The van der Waals surface area contributed by atoms with Gasteiger partial charge in [-0.1, -0.05) is 27.5 Å². The van der Waals surface area contributed by atoms with Gasteiger partial charge in [0.2, 0.25) is 5.95 Å². The van der Waals surface area contributed by atoms with Crippen molar-refractivity contribution in [2.24, 2.45) is 5.84 Å². The summed E-state index contributed by atoms with van der Waals surface area (Å²) in [7, 11) is 0. The molecule has 0 fully saturated rings. The molecule has 0 saturated heterocycles. The van der Waals surface area contributed by atoms with Crippen LogP contribution < -0.4 is 16.6 Å². The van der Waals surface area contributed by atoms with Gasteiger partial charge in [-0.3, -0.25) is 5.43 Å². The molecule has 0 bridgehead atoms. The Hall–Kier alpha value is -1.44. The molecule has 1 aromatic heterocycles. The average molecular weight is 333 g/mol. The lowest BCUT2D eigenvalue weighted by molar-refractivity contribution is 0.619. The van der Waals surface area contributed by atoms with Gasteiger partial charge in [0.05, 0.1) is 16.9 Å². The second kappa shape index (κ2) is 5.47. The molecule has 0 radical (unpaired) electrons. The molecule has 0 aliphatic rings. The van der Waals surface area contributed by atoms with Crippen LogP contribution in [0.5, 0.6) is 0 Å². The summed E-state index contributed by atoms with van der Waals surface area (Å²) in [6.45, 7) is 0. The van der Waals surface area contributed by atoms with Crippen LogP contribution in [-0.4, -0.2) is 9.97 Å². The lowest BCUT2D eigenvalue weighted by Crippen LogP contribution is -2.12. The summed E-state index contributed by atoms with van der Waals surface area (Å²) in [6, 6.07) is 5.16. The molecule has 0 aliphatic carbocycles. The summed E-state index contributed by atoms with van der Waals surface area (Å²) in [5.74, 6) is 4.64. The number of nitrogens with two attached hydrogens (primary N) is 1. The van der Waals surface area contributed by atoms with Gasteiger partial charge in [-0.2, -0.15) is 4.98 Å². The van der Waals surface area contributed by atoms with Crippen LogP contribution in [0.25, 0.3) is 0 Å². The normalized spacial score (nSPS) is 10.2. The number of rotatable bonds is 3. The Morgan fingerprint density at radius 1 is 1.39 bits per heavy atom. The second-order valence-corrected chi connectivity index (χ2v) is 4.61. The van der Waals surface area contributed by atoms with E-state index in [0.717, 1.165) is 10.7 Å². The van der Waals surface area contributed by atoms with Gasteiger partial charge in [-0.05, 0) is 18.2 Å². The van der Waals surface area contributed by atoms with Gasteiger partial charge in [0.25, 0.3) is 0 Å². The second-order valence-electron chi connectivity index (χ2n) is 3.28. The summed E-state index contributed by atoms with van der Waals surface area (Å²) in [5.41, 5.74) is 2.76. The van der Waals surface area contributed by atoms with Gasteiger partial charge in [0.1, 0.15) is 0 Å². The Bertz CT molecular complexity index is 580. The number of hydrogen-bond donors (Lipinski definition) is 3. The Morgan fingerprint density at radius 3 is 2.83 bits per heavy atom. The van der Waals surface area contributed by atoms with Gasteiger partial charge in [0, 0.05) is 4.47 Å². The van der Waals surface area contributed by atoms with Crippen molar-refractivity contribution in [2.75, 3.05) is 10.7 Å². The van der Waals surface area contributed by atoms with Crippen LogP contribution in [-0.2, 0) is 0 Å². The molecular weight excluding hydrogens is 325 g/mol. The zero-order chi connectivity index (χ0) is 13.1. The molecule has 0 atom stereocenters. The van der Waals surface area contributed by atoms with Crippen LogP contribution in [0.1, 0.15) is 0 Å². The number of nitrogens with one attached hydrogen (secondary N) is 2. The fraction of sp³-hybridized carbons (Fsp3) is 0. The Balaban J connectivity index is 2.33. The Morgan fingerprint density at radius 2 is 2.17 bits per heavy atom. The van der Waals surface area contributed by atoms with Crippen molar-refractivity contribution in [3.8, 4) is 0 Å². The quantitative estimate of drug-likeness (QED) is 0.595. The minimum absolute atomic E-state index is 0.0119. The molecule has 2 rings (SSSR count). The van der Waals surface area contributed by atoms with Crippen LogP contribution in [0, 0.1) is 5.82 Å². The summed E-state index contributed by atoms with van der Waals surface area (Å²) < 4.78 is 14.3. The highest BCUT2D eigenvalue weighted by atomic mass is 79.9. The average Bonchev–Trinajstić information content (AvgIpc) is 2.35. The molecule has 0 unspecified atom stereocenters. The first-order valence-corrected chi connectivity index (χ1v) is 5.98. The maximum absolute atomic E-state index is 13.5. The van der Waals surface area contributed by atoms with E-state index in [0.29, 0.717) is 10.7 Å². The number of nitrogens with zero attached hydrogens (tertiary/aromatic N) is 2. The summed E-state index contributed by atoms with van der Waals surface area (Å²) in [5, 5.41) is 3.20. The van der Waals surface area contributed by atoms with Crippen molar-refractivity contribution in [3.05, 3.63) is 39.7 Å². The SMILES string of the molecule is NNc1ncc(F)c(Nc2ccc(Br)cc2Cl)n1. The van der Waals surface area contributed by atoms with Gasteiger partial charge in [-0.15, -0.1) is 0 Å². The highest BCUT2D eigenvalue weighted by molar-refractivity contribution is 9.10. The number of aromatic nitrogens is 2. The predicted molar refractivity (Wildman–Crippen MR) is 72.2 cm³/mol. The third-order valence-corrected chi connectivity index (χ3v) is 2.86. The van der Waals surface area contributed by atoms with Crippen molar-refractivity contribution >= 4 is 45.0 Å². The molecule has 5 nitrogen and oxygen atoms in total. The number of hydrazine groups is 1. The lowest BCUT2D eigenvalue weighted by atomic mass is 10.3. The summed E-state index contributed by atoms with van der Waals surface area (Å²) in [6.07, 6.45) is 1.01. The molecule has 4 N–H and O–H groups in total. The van der Waals surface area contributed by atoms with E-state index in [2.05, 4.69) is 36.6 Å². The number of anilines is 3. The van der Waals surface area contributed by atoms with E-state index in [9.17, 15) is 4.39 Å². The molecular formula is C10H8BrClFN5. The summed E-state index contributed by atoms with van der Waals surface area (Å²) in [4.78, 5) is 7.48. The first-order chi connectivity index (χ1) is 8.60. The molecule has 0 spiro atoms. The van der Waals surface area contributed by atoms with E-state index in [1.807, 2.05) is 0 Å². The standard InChI is InChI=1S/C10H8BrClFN5/c11-5-1-2-8(6(12)3-5)16-9-7(13)4-15-10(17-9)18-14/h1-4H,14H2,(H2,15,16,17,18). The number of halogens is 3. The molecule has 0 saturated carbocycles. The maximum Gasteiger partial charge on any atom is 0.239 e. The summed E-state index contributed by atoms with van der Waals surface area (Å²) >= 11 is 9.29. The number of hydrogen-bond acceptors (Lipinski definition) is 5. The van der Waals surface area contributed by atoms with Gasteiger partial charge in [-0.25, -0.2) is 15.2 Å². The topological polar surface area (TPSA) is 75.9 Å². The molecule has 1 heterocycles. The first-order valence-electron chi connectivity index (χ1n) is 4.81. The van der Waals surface area contributed by atoms with Gasteiger partial charge < -0.3 is 5.32 Å². The van der Waals surface area contributed by atoms with Crippen molar-refractivity contribution in [1.82, 2.24) is 9.97 Å². The van der Waals surface area contributed by atoms with Crippen LogP contribution in [0.4, 0.5) is 21.8 Å². The predicted octanol–water partition coefficient (Wildman–Crippen LogP) is 3.06. The van der Waals surface area contributed by atoms with E-state index in [1.54, 1.807) is 18.2 Å². The van der Waals surface area contributed by atoms with Gasteiger partial charge in [0.15, 0.2) is 11.6 Å². The zero-order valence-corrected chi connectivity index (χ0v) is 11.3. The smallest absolute Gasteiger partial charge is 0.239 e. The maximum atomic E-state index is 13.5. The van der Waals surface area contributed by atoms with Crippen molar-refractivity contribution < 1.29 is 4.39 Å². The van der Waals surface area contributed by atoms with Crippen LogP contribution >= 0.6 is 27.5 Å². The van der Waals surface area contributed by atoms with Crippen molar-refractivity contribution in [3.63, 3.8) is 0 Å². The third kappa shape index (κ3) is 2.87. The zero-order valence-electron chi connectivity index (χ0n) is 8.92. The fourth-order valence-electron chi connectivity index (χ4n) is 1.24. The van der Waals surface area contributed by atoms with E-state index in [-0.39, 0.29) is 11.8 Å². The highest BCUT2D eigenvalue weighted by Crippen LogP contribution is 2.28. The largest absolute Gasteiger partial charge is 0.336 e.